The van der Waals surface area contributed by atoms with Gasteiger partial charge < -0.3 is 9.47 Å². The molecule has 0 atom stereocenters. The topological polar surface area (TPSA) is 58.4 Å². The molecular weight excluding hydrogens is 420 g/mol. The van der Waals surface area contributed by atoms with Crippen molar-refractivity contribution in [1.29, 1.82) is 0 Å². The number of rotatable bonds is 5. The second-order valence-electron chi connectivity index (χ2n) is 8.59. The number of anilines is 1. The molecule has 2 heterocycles. The lowest BCUT2D eigenvalue weighted by Gasteiger charge is -2.31. The van der Waals surface area contributed by atoms with Crippen LogP contribution in [0.3, 0.4) is 0 Å². The van der Waals surface area contributed by atoms with Gasteiger partial charge in [-0.3, -0.25) is 14.5 Å². The SMILES string of the molecule is CN(C(=O)CSc1ccccc1C(=O)N1CCn2c1nc1ccccc12)C1CCCCC1. The monoisotopic (exact) mass is 448 g/mol. The van der Waals surface area contributed by atoms with Gasteiger partial charge in [-0.05, 0) is 37.1 Å². The van der Waals surface area contributed by atoms with Crippen molar-refractivity contribution in [3.8, 4) is 0 Å². The van der Waals surface area contributed by atoms with Gasteiger partial charge in [-0.25, -0.2) is 4.98 Å². The first-order valence-corrected chi connectivity index (χ1v) is 12.4. The first-order chi connectivity index (χ1) is 15.6. The highest BCUT2D eigenvalue weighted by Crippen LogP contribution is 2.31. The Morgan fingerprint density at radius 1 is 1.03 bits per heavy atom. The third-order valence-electron chi connectivity index (χ3n) is 6.65. The molecule has 0 saturated heterocycles. The predicted octanol–water partition coefficient (Wildman–Crippen LogP) is 4.58. The molecule has 0 spiro atoms. The van der Waals surface area contributed by atoms with E-state index in [1.54, 1.807) is 4.90 Å². The van der Waals surface area contributed by atoms with E-state index in [-0.39, 0.29) is 11.8 Å². The maximum absolute atomic E-state index is 13.5. The summed E-state index contributed by atoms with van der Waals surface area (Å²) in [6.07, 6.45) is 5.86. The number of nitrogens with zero attached hydrogens (tertiary/aromatic N) is 4. The summed E-state index contributed by atoms with van der Waals surface area (Å²) in [4.78, 5) is 35.5. The van der Waals surface area contributed by atoms with E-state index in [1.807, 2.05) is 60.5 Å². The highest BCUT2D eigenvalue weighted by atomic mass is 32.2. The molecular formula is C25H28N4O2S. The number of aromatic nitrogens is 2. The van der Waals surface area contributed by atoms with Crippen LogP contribution >= 0.6 is 11.8 Å². The summed E-state index contributed by atoms with van der Waals surface area (Å²) in [6, 6.07) is 15.9. The van der Waals surface area contributed by atoms with Crippen LogP contribution in [0, 0.1) is 0 Å². The minimum atomic E-state index is -0.0600. The van der Waals surface area contributed by atoms with Gasteiger partial charge in [0.05, 0.1) is 22.3 Å². The maximum atomic E-state index is 13.5. The van der Waals surface area contributed by atoms with Crippen LogP contribution in [0.15, 0.2) is 53.4 Å². The molecule has 1 aliphatic carbocycles. The Labute approximate surface area is 192 Å². The summed E-state index contributed by atoms with van der Waals surface area (Å²) in [6.45, 7) is 1.34. The van der Waals surface area contributed by atoms with E-state index in [9.17, 15) is 9.59 Å². The number of benzene rings is 2. The molecule has 1 saturated carbocycles. The van der Waals surface area contributed by atoms with Gasteiger partial charge in [-0.15, -0.1) is 11.8 Å². The fourth-order valence-electron chi connectivity index (χ4n) is 4.81. The molecule has 1 aliphatic heterocycles. The number of amides is 2. The van der Waals surface area contributed by atoms with Crippen LogP contribution in [-0.4, -0.2) is 51.7 Å². The molecule has 1 fully saturated rings. The van der Waals surface area contributed by atoms with E-state index in [0.717, 1.165) is 35.3 Å². The Bertz CT molecular complexity index is 1150. The number of para-hydroxylation sites is 2. The van der Waals surface area contributed by atoms with Crippen LogP contribution in [-0.2, 0) is 11.3 Å². The van der Waals surface area contributed by atoms with Gasteiger partial charge in [0.2, 0.25) is 11.9 Å². The van der Waals surface area contributed by atoms with Gasteiger partial charge in [0.15, 0.2) is 0 Å². The molecule has 32 heavy (non-hydrogen) atoms. The number of fused-ring (bicyclic) bond motifs is 3. The maximum Gasteiger partial charge on any atom is 0.261 e. The average Bonchev–Trinajstić information content (AvgIpc) is 3.42. The Balaban J connectivity index is 1.32. The Morgan fingerprint density at radius 2 is 1.78 bits per heavy atom. The number of thioether (sulfide) groups is 1. The summed E-state index contributed by atoms with van der Waals surface area (Å²) in [5, 5.41) is 0. The third kappa shape index (κ3) is 3.90. The van der Waals surface area contributed by atoms with E-state index in [1.165, 1.54) is 31.0 Å². The lowest BCUT2D eigenvalue weighted by molar-refractivity contribution is -0.129. The van der Waals surface area contributed by atoms with Crippen molar-refractivity contribution in [3.63, 3.8) is 0 Å². The van der Waals surface area contributed by atoms with E-state index in [4.69, 9.17) is 4.98 Å². The largest absolute Gasteiger partial charge is 0.342 e. The standard InChI is InChI=1S/C25H28N4O2S/c1-27(18-9-3-2-4-10-18)23(30)17-32-22-14-8-5-11-19(22)24(31)29-16-15-28-21-13-7-6-12-20(21)26-25(28)29/h5-8,11-14,18H,2-4,9-10,15-17H2,1H3. The summed E-state index contributed by atoms with van der Waals surface area (Å²) in [7, 11) is 1.92. The predicted molar refractivity (Wildman–Crippen MR) is 128 cm³/mol. The van der Waals surface area contributed by atoms with Crippen LogP contribution in [0.2, 0.25) is 0 Å². The summed E-state index contributed by atoms with van der Waals surface area (Å²) >= 11 is 1.46. The van der Waals surface area contributed by atoms with E-state index < -0.39 is 0 Å². The molecule has 2 amide bonds. The second-order valence-corrected chi connectivity index (χ2v) is 9.61. The van der Waals surface area contributed by atoms with Crippen molar-refractivity contribution >= 4 is 40.6 Å². The lowest BCUT2D eigenvalue weighted by atomic mass is 9.94. The van der Waals surface area contributed by atoms with Crippen molar-refractivity contribution in [2.45, 2.75) is 49.6 Å². The first kappa shape index (κ1) is 21.1. The zero-order chi connectivity index (χ0) is 22.1. The average molecular weight is 449 g/mol. The van der Waals surface area contributed by atoms with Crippen molar-refractivity contribution in [3.05, 3.63) is 54.1 Å². The summed E-state index contributed by atoms with van der Waals surface area (Å²) in [5.74, 6) is 1.11. The van der Waals surface area contributed by atoms with E-state index in [0.29, 0.717) is 29.9 Å². The van der Waals surface area contributed by atoms with Crippen LogP contribution in [0.4, 0.5) is 5.95 Å². The highest BCUT2D eigenvalue weighted by molar-refractivity contribution is 8.00. The van der Waals surface area contributed by atoms with Gasteiger partial charge in [0.25, 0.3) is 5.91 Å². The van der Waals surface area contributed by atoms with Crippen molar-refractivity contribution in [2.24, 2.45) is 0 Å². The number of carbonyl (C=O) groups is 2. The molecule has 0 radical (unpaired) electrons. The third-order valence-corrected chi connectivity index (χ3v) is 7.71. The minimum absolute atomic E-state index is 0.0600. The lowest BCUT2D eigenvalue weighted by Crippen LogP contribution is -2.39. The van der Waals surface area contributed by atoms with Crippen LogP contribution in [0.5, 0.6) is 0 Å². The quantitative estimate of drug-likeness (QED) is 0.536. The van der Waals surface area contributed by atoms with Gasteiger partial charge in [-0.2, -0.15) is 0 Å². The molecule has 0 N–H and O–H groups in total. The number of hydrogen-bond donors (Lipinski definition) is 0. The van der Waals surface area contributed by atoms with Crippen molar-refractivity contribution < 1.29 is 9.59 Å². The van der Waals surface area contributed by atoms with E-state index in [2.05, 4.69) is 4.57 Å². The molecule has 6 nitrogen and oxygen atoms in total. The molecule has 5 rings (SSSR count). The minimum Gasteiger partial charge on any atom is -0.342 e. The zero-order valence-corrected chi connectivity index (χ0v) is 19.2. The molecule has 3 aromatic rings. The normalized spacial score (nSPS) is 16.3. The molecule has 2 aliphatic rings. The van der Waals surface area contributed by atoms with Crippen LogP contribution < -0.4 is 4.90 Å². The molecule has 2 aromatic carbocycles. The fourth-order valence-corrected chi connectivity index (χ4v) is 5.78. The Morgan fingerprint density at radius 3 is 2.62 bits per heavy atom. The fraction of sp³-hybridized carbons (Fsp3) is 0.400. The number of carbonyl (C=O) groups excluding carboxylic acids is 2. The molecule has 0 bridgehead atoms. The second kappa shape index (κ2) is 8.98. The van der Waals surface area contributed by atoms with Crippen LogP contribution in [0.1, 0.15) is 42.5 Å². The van der Waals surface area contributed by atoms with Gasteiger partial charge >= 0.3 is 0 Å². The molecule has 0 unspecified atom stereocenters. The van der Waals surface area contributed by atoms with Gasteiger partial charge in [0.1, 0.15) is 0 Å². The number of hydrogen-bond acceptors (Lipinski definition) is 4. The molecule has 7 heteroatoms. The van der Waals surface area contributed by atoms with Gasteiger partial charge in [0, 0.05) is 31.1 Å². The zero-order valence-electron chi connectivity index (χ0n) is 18.4. The van der Waals surface area contributed by atoms with Crippen LogP contribution in [0.25, 0.3) is 11.0 Å². The Hall–Kier alpha value is -2.80. The van der Waals surface area contributed by atoms with E-state index >= 15 is 0 Å². The smallest absolute Gasteiger partial charge is 0.261 e. The Kier molecular flexibility index (Phi) is 5.91. The van der Waals surface area contributed by atoms with Crippen molar-refractivity contribution in [2.75, 3.05) is 24.2 Å². The molecule has 166 valence electrons. The summed E-state index contributed by atoms with van der Waals surface area (Å²) in [5.41, 5.74) is 2.59. The van der Waals surface area contributed by atoms with Gasteiger partial charge in [-0.1, -0.05) is 43.5 Å². The molecule has 1 aromatic heterocycles. The van der Waals surface area contributed by atoms with Crippen molar-refractivity contribution in [1.82, 2.24) is 14.5 Å². The highest BCUT2D eigenvalue weighted by Gasteiger charge is 2.30. The first-order valence-electron chi connectivity index (χ1n) is 11.4. The summed E-state index contributed by atoms with van der Waals surface area (Å²) < 4.78 is 2.10. The number of imidazole rings is 1.